The maximum atomic E-state index is 4.45. The Morgan fingerprint density at radius 2 is 1.89 bits per heavy atom. The van der Waals surface area contributed by atoms with Crippen molar-refractivity contribution in [3.63, 3.8) is 0 Å². The van der Waals surface area contributed by atoms with Gasteiger partial charge in [-0.1, -0.05) is 0 Å². The Labute approximate surface area is 115 Å². The lowest BCUT2D eigenvalue weighted by Gasteiger charge is -2.26. The van der Waals surface area contributed by atoms with Crippen LogP contribution in [0.3, 0.4) is 0 Å². The molecule has 0 amide bonds. The molecular weight excluding hydrogens is 236 g/mol. The Bertz CT molecular complexity index is 431. The lowest BCUT2D eigenvalue weighted by atomic mass is 9.94. The quantitative estimate of drug-likeness (QED) is 0.899. The number of aromatic nitrogens is 2. The molecule has 3 fully saturated rings. The summed E-state index contributed by atoms with van der Waals surface area (Å²) in [5, 5.41) is 3.46. The summed E-state index contributed by atoms with van der Waals surface area (Å²) in [6, 6.07) is 1.59. The Hall–Kier alpha value is -0.870. The van der Waals surface area contributed by atoms with Gasteiger partial charge in [-0.3, -0.25) is 4.90 Å². The van der Waals surface area contributed by atoms with Gasteiger partial charge in [0.1, 0.15) is 0 Å². The van der Waals surface area contributed by atoms with Crippen molar-refractivity contribution >= 4 is 0 Å². The second kappa shape index (κ2) is 4.91. The summed E-state index contributed by atoms with van der Waals surface area (Å²) >= 11 is 0. The van der Waals surface area contributed by atoms with Gasteiger partial charge in [0.25, 0.3) is 0 Å². The minimum atomic E-state index is 0.674. The summed E-state index contributed by atoms with van der Waals surface area (Å²) in [5.41, 5.74) is 1.49. The summed E-state index contributed by atoms with van der Waals surface area (Å²) in [5.74, 6) is 0.721. The molecule has 1 aromatic heterocycles. The standard InChI is InChI=1S/C15H24N4/c1-2-13(1)18-8-5-14(10-18)19-11-17-9-15(19)12-3-6-16-7-4-12/h9,11-14,16H,1-8,10H2. The molecule has 19 heavy (non-hydrogen) atoms. The van der Waals surface area contributed by atoms with Gasteiger partial charge in [-0.2, -0.15) is 0 Å². The van der Waals surface area contributed by atoms with E-state index in [4.69, 9.17) is 0 Å². The normalized spacial score (nSPS) is 30.0. The molecule has 104 valence electrons. The molecule has 0 aromatic carbocycles. The molecule has 4 rings (SSSR count). The van der Waals surface area contributed by atoms with E-state index < -0.39 is 0 Å². The van der Waals surface area contributed by atoms with E-state index in [0.717, 1.165) is 25.0 Å². The van der Waals surface area contributed by atoms with Crippen LogP contribution in [0.25, 0.3) is 0 Å². The average Bonchev–Trinajstić information content (AvgIpc) is 3.02. The Kier molecular flexibility index (Phi) is 3.08. The third-order valence-electron chi connectivity index (χ3n) is 5.10. The third-order valence-corrected chi connectivity index (χ3v) is 5.10. The van der Waals surface area contributed by atoms with Crippen molar-refractivity contribution in [2.24, 2.45) is 0 Å². The Morgan fingerprint density at radius 3 is 2.68 bits per heavy atom. The summed E-state index contributed by atoms with van der Waals surface area (Å²) in [4.78, 5) is 7.14. The van der Waals surface area contributed by atoms with Crippen molar-refractivity contribution in [1.82, 2.24) is 19.8 Å². The molecule has 1 aliphatic carbocycles. The highest BCUT2D eigenvalue weighted by atomic mass is 15.2. The van der Waals surface area contributed by atoms with Crippen LogP contribution in [0.1, 0.15) is 49.8 Å². The molecular formula is C15H24N4. The second-order valence-corrected chi connectivity index (χ2v) is 6.42. The monoisotopic (exact) mass is 260 g/mol. The Balaban J connectivity index is 1.50. The smallest absolute Gasteiger partial charge is 0.0951 e. The fourth-order valence-electron chi connectivity index (χ4n) is 3.82. The minimum absolute atomic E-state index is 0.674. The van der Waals surface area contributed by atoms with E-state index in [1.54, 1.807) is 0 Å². The highest BCUT2D eigenvalue weighted by Crippen LogP contribution is 2.35. The topological polar surface area (TPSA) is 33.1 Å². The van der Waals surface area contributed by atoms with E-state index in [9.17, 15) is 0 Å². The van der Waals surface area contributed by atoms with Crippen LogP contribution in [0.15, 0.2) is 12.5 Å². The highest BCUT2D eigenvalue weighted by Gasteiger charge is 2.35. The molecule has 0 spiro atoms. The molecule has 2 saturated heterocycles. The van der Waals surface area contributed by atoms with Crippen LogP contribution in [-0.4, -0.2) is 46.7 Å². The van der Waals surface area contributed by atoms with Gasteiger partial charge in [-0.25, -0.2) is 4.98 Å². The van der Waals surface area contributed by atoms with Crippen molar-refractivity contribution in [2.75, 3.05) is 26.2 Å². The third kappa shape index (κ3) is 2.32. The van der Waals surface area contributed by atoms with Gasteiger partial charge in [-0.05, 0) is 45.2 Å². The molecule has 0 bridgehead atoms. The van der Waals surface area contributed by atoms with Gasteiger partial charge in [-0.15, -0.1) is 0 Å². The summed E-state index contributed by atoms with van der Waals surface area (Å²) < 4.78 is 2.50. The van der Waals surface area contributed by atoms with E-state index in [0.29, 0.717) is 6.04 Å². The molecule has 4 heteroatoms. The van der Waals surface area contributed by atoms with Gasteiger partial charge >= 0.3 is 0 Å². The molecule has 1 atom stereocenters. The van der Waals surface area contributed by atoms with Gasteiger partial charge < -0.3 is 9.88 Å². The van der Waals surface area contributed by atoms with Gasteiger partial charge in [0, 0.05) is 43.0 Å². The maximum Gasteiger partial charge on any atom is 0.0951 e. The molecule has 1 saturated carbocycles. The first-order valence-corrected chi connectivity index (χ1v) is 7.88. The van der Waals surface area contributed by atoms with Crippen molar-refractivity contribution in [3.05, 3.63) is 18.2 Å². The van der Waals surface area contributed by atoms with Gasteiger partial charge in [0.15, 0.2) is 0 Å². The summed E-state index contributed by atoms with van der Waals surface area (Å²) in [6.45, 7) is 4.86. The molecule has 1 unspecified atom stereocenters. The van der Waals surface area contributed by atoms with Crippen molar-refractivity contribution < 1.29 is 0 Å². The predicted octanol–water partition coefficient (Wildman–Crippen LogP) is 1.76. The van der Waals surface area contributed by atoms with Crippen LogP contribution in [0.5, 0.6) is 0 Å². The fourth-order valence-corrected chi connectivity index (χ4v) is 3.82. The molecule has 3 aliphatic rings. The number of nitrogens with zero attached hydrogens (tertiary/aromatic N) is 3. The van der Waals surface area contributed by atoms with Gasteiger partial charge in [0.2, 0.25) is 0 Å². The largest absolute Gasteiger partial charge is 0.330 e. The zero-order chi connectivity index (χ0) is 12.7. The van der Waals surface area contributed by atoms with Crippen molar-refractivity contribution in [3.8, 4) is 0 Å². The van der Waals surface area contributed by atoms with Gasteiger partial charge in [0.05, 0.1) is 6.33 Å². The van der Waals surface area contributed by atoms with E-state index in [2.05, 4.69) is 32.3 Å². The molecule has 0 radical (unpaired) electrons. The molecule has 1 aromatic rings. The van der Waals surface area contributed by atoms with Crippen LogP contribution in [0.2, 0.25) is 0 Å². The number of rotatable bonds is 3. The van der Waals surface area contributed by atoms with E-state index in [1.807, 2.05) is 0 Å². The fraction of sp³-hybridized carbons (Fsp3) is 0.800. The molecule has 4 nitrogen and oxygen atoms in total. The van der Waals surface area contributed by atoms with Crippen LogP contribution in [-0.2, 0) is 0 Å². The maximum absolute atomic E-state index is 4.45. The van der Waals surface area contributed by atoms with Crippen molar-refractivity contribution in [1.29, 1.82) is 0 Å². The van der Waals surface area contributed by atoms with E-state index in [-0.39, 0.29) is 0 Å². The number of imidazole rings is 1. The first-order chi connectivity index (χ1) is 9.42. The van der Waals surface area contributed by atoms with Crippen molar-refractivity contribution in [2.45, 2.75) is 50.1 Å². The average molecular weight is 260 g/mol. The SMILES string of the molecule is c1ncn(C2CCN(C3CC3)C2)c1C1CCNCC1. The Morgan fingerprint density at radius 1 is 1.05 bits per heavy atom. The van der Waals surface area contributed by atoms with Crippen LogP contribution in [0.4, 0.5) is 0 Å². The number of likely N-dealkylation sites (tertiary alicyclic amines) is 1. The summed E-state index contributed by atoms with van der Waals surface area (Å²) in [6.07, 6.45) is 10.9. The molecule has 1 N–H and O–H groups in total. The number of piperidine rings is 1. The highest BCUT2D eigenvalue weighted by molar-refractivity contribution is 5.10. The van der Waals surface area contributed by atoms with Crippen LogP contribution < -0.4 is 5.32 Å². The first kappa shape index (κ1) is 11.9. The van der Waals surface area contributed by atoms with E-state index >= 15 is 0 Å². The number of hydrogen-bond donors (Lipinski definition) is 1. The lowest BCUT2D eigenvalue weighted by Crippen LogP contribution is -2.29. The number of nitrogens with one attached hydrogen (secondary N) is 1. The predicted molar refractivity (Wildman–Crippen MR) is 75.3 cm³/mol. The second-order valence-electron chi connectivity index (χ2n) is 6.42. The first-order valence-electron chi connectivity index (χ1n) is 7.88. The lowest BCUT2D eigenvalue weighted by molar-refractivity contribution is 0.310. The molecule has 3 heterocycles. The van der Waals surface area contributed by atoms with Crippen LogP contribution in [0, 0.1) is 0 Å². The van der Waals surface area contributed by atoms with E-state index in [1.165, 1.54) is 50.9 Å². The minimum Gasteiger partial charge on any atom is -0.330 e. The molecule has 2 aliphatic heterocycles. The zero-order valence-electron chi connectivity index (χ0n) is 11.6. The zero-order valence-corrected chi connectivity index (χ0v) is 11.6. The number of hydrogen-bond acceptors (Lipinski definition) is 3. The van der Waals surface area contributed by atoms with Crippen LogP contribution >= 0.6 is 0 Å². The summed E-state index contributed by atoms with van der Waals surface area (Å²) in [7, 11) is 0.